The van der Waals surface area contributed by atoms with Crippen LogP contribution in [0.3, 0.4) is 0 Å². The van der Waals surface area contributed by atoms with E-state index in [9.17, 15) is 4.89 Å². The van der Waals surface area contributed by atoms with Gasteiger partial charge < -0.3 is 13.6 Å². The molecule has 0 heterocycles. The zero-order valence-electron chi connectivity index (χ0n) is 7.43. The van der Waals surface area contributed by atoms with Gasteiger partial charge in [-0.25, -0.2) is 0 Å². The lowest BCUT2D eigenvalue weighted by Crippen LogP contribution is -1.95. The van der Waals surface area contributed by atoms with Crippen LogP contribution in [0.5, 0.6) is 5.75 Å². The van der Waals surface area contributed by atoms with Crippen LogP contribution in [0.15, 0.2) is 24.3 Å². The summed E-state index contributed by atoms with van der Waals surface area (Å²) in [6.45, 7) is -1.14. The van der Waals surface area contributed by atoms with Crippen molar-refractivity contribution in [2.75, 3.05) is 0 Å². The third kappa shape index (κ3) is 3.21. The highest BCUT2D eigenvalue weighted by Gasteiger charge is 2.14. The number of hydrogen-bond acceptors (Lipinski definition) is 3. The van der Waals surface area contributed by atoms with Crippen LogP contribution >= 0.6 is 6.72 Å². The van der Waals surface area contributed by atoms with Crippen LogP contribution in [0.4, 0.5) is 0 Å². The lowest BCUT2D eigenvalue weighted by molar-refractivity contribution is 0.390. The van der Waals surface area contributed by atoms with Crippen molar-refractivity contribution in [2.24, 2.45) is 0 Å². The highest BCUT2D eigenvalue weighted by atomic mass is 32.5. The summed E-state index contributed by atoms with van der Waals surface area (Å²) in [5.41, 5.74) is 0.935. The highest BCUT2D eigenvalue weighted by Crippen LogP contribution is 2.43. The maximum Gasteiger partial charge on any atom is 0.366 e. The fourth-order valence-electron chi connectivity index (χ4n) is 0.820. The first-order valence-corrected chi connectivity index (χ1v) is 7.09. The fraction of sp³-hybridized carbons (Fsp3) is 0.143. The average Bonchev–Trinajstić information content (AvgIpc) is 2.09. The molecule has 6 heteroatoms. The normalized spacial score (nSPS) is 15.2. The largest absolute Gasteiger partial charge is 0.425 e. The van der Waals surface area contributed by atoms with Crippen molar-refractivity contribution in [2.45, 2.75) is 6.92 Å². The molecular weight excluding hydrogens is 223 g/mol. The Balaban J connectivity index is 2.86. The first-order valence-electron chi connectivity index (χ1n) is 3.69. The predicted octanol–water partition coefficient (Wildman–Crippen LogP) is 0.888. The Morgan fingerprint density at radius 3 is 2.62 bits per heavy atom. The Kier molecular flexibility index (Phi) is 3.64. The van der Waals surface area contributed by atoms with Crippen molar-refractivity contribution in [1.29, 1.82) is 0 Å². The Morgan fingerprint density at radius 1 is 1.46 bits per heavy atom. The maximum absolute atomic E-state index is 9.42. The van der Waals surface area contributed by atoms with Crippen LogP contribution in [0.1, 0.15) is 5.56 Å². The molecule has 0 fully saturated rings. The number of hydrogen-bond donors (Lipinski definition) is 1. The molecule has 1 atom stereocenters. The van der Waals surface area contributed by atoms with Crippen LogP contribution in [0.25, 0.3) is 0 Å². The molecule has 1 unspecified atom stereocenters. The minimum Gasteiger partial charge on any atom is -0.425 e. The van der Waals surface area contributed by atoms with E-state index in [1.807, 2.05) is 25.1 Å². The van der Waals surface area contributed by atoms with Crippen LogP contribution in [-0.2, 0) is 16.0 Å². The van der Waals surface area contributed by atoms with Gasteiger partial charge in [-0.2, -0.15) is 0 Å². The van der Waals surface area contributed by atoms with Crippen LogP contribution in [0, 0.1) is 6.92 Å². The van der Waals surface area contributed by atoms with E-state index < -0.39 is 6.72 Å². The van der Waals surface area contributed by atoms with E-state index in [-0.39, 0.29) is 0 Å². The molecule has 1 rings (SSSR count). The molecule has 1 aromatic rings. The zero-order chi connectivity index (χ0) is 9.90. The molecule has 0 saturated heterocycles. The number of benzene rings is 1. The summed E-state index contributed by atoms with van der Waals surface area (Å²) < 4.78 is 9.97. The molecule has 1 N–H and O–H groups in total. The van der Waals surface area contributed by atoms with Gasteiger partial charge in [0.2, 0.25) is 0 Å². The second kappa shape index (κ2) is 4.35. The molecule has 0 saturated carbocycles. The minimum absolute atomic E-state index is 0.376. The lowest BCUT2D eigenvalue weighted by atomic mass is 10.2. The van der Waals surface area contributed by atoms with Crippen LogP contribution in [-0.4, -0.2) is 15.4 Å². The quantitative estimate of drug-likeness (QED) is 0.622. The monoisotopic (exact) mass is 234 g/mol. The standard InChI is InChI=1S/C7H11O3PSSi/c1-6-4-2-3-5-7(6)9-11(8,12)10-13/h2-5H,1,13H3,(H,8,12). The molecule has 0 radical (unpaired) electrons. The van der Waals surface area contributed by atoms with Gasteiger partial charge in [0, 0.05) is 11.8 Å². The second-order valence-corrected chi connectivity index (χ2v) is 6.47. The first kappa shape index (κ1) is 10.9. The third-order valence-electron chi connectivity index (χ3n) is 1.54. The van der Waals surface area contributed by atoms with E-state index in [2.05, 4.69) is 0 Å². The van der Waals surface area contributed by atoms with Gasteiger partial charge in [0.05, 0.1) is 0 Å². The molecule has 72 valence electrons. The average molecular weight is 234 g/mol. The lowest BCUT2D eigenvalue weighted by Gasteiger charge is -2.15. The Labute approximate surface area is 85.5 Å². The maximum atomic E-state index is 9.42. The van der Waals surface area contributed by atoms with E-state index in [0.29, 0.717) is 16.2 Å². The van der Waals surface area contributed by atoms with E-state index in [0.717, 1.165) is 5.56 Å². The third-order valence-corrected chi connectivity index (χ3v) is 5.38. The number of rotatable bonds is 3. The van der Waals surface area contributed by atoms with Gasteiger partial charge in [-0.3, -0.25) is 0 Å². The molecule has 3 nitrogen and oxygen atoms in total. The minimum atomic E-state index is -3.03. The Morgan fingerprint density at radius 2 is 2.08 bits per heavy atom. The first-order chi connectivity index (χ1) is 6.05. The SMILES string of the molecule is Cc1ccccc1OP(O)(=S)O[SiH3]. The van der Waals surface area contributed by atoms with Crippen molar-refractivity contribution in [3.05, 3.63) is 29.8 Å². The van der Waals surface area contributed by atoms with Gasteiger partial charge in [-0.1, -0.05) is 18.2 Å². The molecule has 0 aliphatic carbocycles. The molecule has 0 spiro atoms. The number of aryl methyl sites for hydroxylation is 1. The van der Waals surface area contributed by atoms with Gasteiger partial charge >= 0.3 is 6.72 Å². The Hall–Kier alpha value is -0.193. The predicted molar refractivity (Wildman–Crippen MR) is 59.3 cm³/mol. The number of para-hydroxylation sites is 1. The van der Waals surface area contributed by atoms with Gasteiger partial charge in [-0.15, -0.1) is 0 Å². The molecule has 0 amide bonds. The molecule has 1 aromatic carbocycles. The van der Waals surface area contributed by atoms with Crippen molar-refractivity contribution >= 4 is 29.0 Å². The molecule has 0 bridgehead atoms. The van der Waals surface area contributed by atoms with Gasteiger partial charge in [0.1, 0.15) is 5.75 Å². The van der Waals surface area contributed by atoms with Crippen molar-refractivity contribution in [3.8, 4) is 5.75 Å². The van der Waals surface area contributed by atoms with E-state index in [1.54, 1.807) is 6.07 Å². The summed E-state index contributed by atoms with van der Waals surface area (Å²) in [6.07, 6.45) is 0. The summed E-state index contributed by atoms with van der Waals surface area (Å²) in [5, 5.41) is 0. The van der Waals surface area contributed by atoms with Crippen molar-refractivity contribution in [3.63, 3.8) is 0 Å². The zero-order valence-corrected chi connectivity index (χ0v) is 11.1. The summed E-state index contributed by atoms with van der Waals surface area (Å²) in [7, 11) is 0.376. The van der Waals surface area contributed by atoms with Crippen LogP contribution in [0.2, 0.25) is 0 Å². The fourth-order valence-corrected chi connectivity index (χ4v) is 1.81. The Bertz CT molecular complexity index is 344. The summed E-state index contributed by atoms with van der Waals surface area (Å²) >= 11 is 4.74. The van der Waals surface area contributed by atoms with Gasteiger partial charge in [0.25, 0.3) is 0 Å². The molecule has 0 aromatic heterocycles. The molecule has 0 aliphatic rings. The summed E-state index contributed by atoms with van der Waals surface area (Å²) in [6, 6.07) is 7.36. The summed E-state index contributed by atoms with van der Waals surface area (Å²) in [4.78, 5) is 9.42. The van der Waals surface area contributed by atoms with Crippen molar-refractivity contribution in [1.82, 2.24) is 0 Å². The van der Waals surface area contributed by atoms with Gasteiger partial charge in [0.15, 0.2) is 10.5 Å². The van der Waals surface area contributed by atoms with Gasteiger partial charge in [-0.05, 0) is 18.6 Å². The topological polar surface area (TPSA) is 38.7 Å². The molecular formula is C7H11O3PSSi. The summed E-state index contributed by atoms with van der Waals surface area (Å²) in [5.74, 6) is 0.587. The molecule has 13 heavy (non-hydrogen) atoms. The van der Waals surface area contributed by atoms with E-state index in [1.165, 1.54) is 0 Å². The highest BCUT2D eigenvalue weighted by molar-refractivity contribution is 8.07. The second-order valence-electron chi connectivity index (χ2n) is 2.51. The van der Waals surface area contributed by atoms with Crippen LogP contribution < -0.4 is 4.52 Å². The smallest absolute Gasteiger partial charge is 0.366 e. The van der Waals surface area contributed by atoms with E-state index in [4.69, 9.17) is 20.5 Å². The molecule has 0 aliphatic heterocycles. The van der Waals surface area contributed by atoms with Crippen molar-refractivity contribution < 1.29 is 13.6 Å². The van der Waals surface area contributed by atoms with E-state index >= 15 is 0 Å².